The molecule has 76 heavy (non-hydrogen) atoms. The van der Waals surface area contributed by atoms with Crippen molar-refractivity contribution < 1.29 is 75.5 Å². The van der Waals surface area contributed by atoms with E-state index in [9.17, 15) is 58.5 Å². The quantitative estimate of drug-likeness (QED) is 0.0316. The van der Waals surface area contributed by atoms with E-state index in [-0.39, 0.29) is 34.8 Å². The summed E-state index contributed by atoms with van der Waals surface area (Å²) < 4.78 is 0. The molecule has 1 radical (unpaired) electrons. The second-order valence-corrected chi connectivity index (χ2v) is 21.1. The fourth-order valence-corrected chi connectivity index (χ4v) is 9.17. The van der Waals surface area contributed by atoms with Gasteiger partial charge >= 0.3 is 17.1 Å². The first-order valence-corrected chi connectivity index (χ1v) is 29.7. The van der Waals surface area contributed by atoms with Crippen molar-refractivity contribution in [2.75, 3.05) is 39.3 Å². The summed E-state index contributed by atoms with van der Waals surface area (Å²) in [5.41, 5.74) is 0. The summed E-state index contributed by atoms with van der Waals surface area (Å²) in [7, 11) is 0. The van der Waals surface area contributed by atoms with Crippen LogP contribution in [0.2, 0.25) is 0 Å². The zero-order valence-corrected chi connectivity index (χ0v) is 51.0. The summed E-state index contributed by atoms with van der Waals surface area (Å²) in [5.74, 6) is -7.46. The molecule has 3 amide bonds. The van der Waals surface area contributed by atoms with Gasteiger partial charge in [0.1, 0.15) is 17.9 Å². The number of amides is 3. The SMILES string of the molecule is CCCCC(CC)CN(CC(CC)CCCC)C(=O)CC(=O)C(=O)[O-].CCCCC(CC)CN(CC(CC)CCCC)C(=O)CC(=O)C(=O)[O-].CCCCC(CC)CN(CC(CC)CCCC)C(=O)CC(=O)C(=O)[O-].[Fe+3]. The van der Waals surface area contributed by atoms with Crippen LogP contribution in [0.25, 0.3) is 0 Å². The Balaban J connectivity index is -0.000000508. The number of unbranched alkanes of at least 4 members (excludes halogenated alkanes) is 6. The number of carbonyl (C=O) groups is 9. The molecule has 0 heterocycles. The van der Waals surface area contributed by atoms with Gasteiger partial charge in [-0.1, -0.05) is 199 Å². The zero-order valence-electron chi connectivity index (χ0n) is 49.9. The standard InChI is InChI=1S/3C20H37NO4.Fe/c3*1-5-9-11-16(7-3)14-21(15-17(8-4)12-10-6-2)19(23)13-18(22)20(24)25;/h3*16-17H,5-15H2,1-4H3,(H,24,25);/q;;;+3/p-3. The molecular formula is C60H108FeN3O12. The molecule has 0 aliphatic carbocycles. The van der Waals surface area contributed by atoms with E-state index in [0.717, 1.165) is 154 Å². The molecular weight excluding hydrogens is 1010 g/mol. The van der Waals surface area contributed by atoms with E-state index < -0.39 is 54.5 Å². The second-order valence-electron chi connectivity index (χ2n) is 21.1. The van der Waals surface area contributed by atoms with Gasteiger partial charge in [-0.15, -0.1) is 0 Å². The number of carboxylic acid groups (broad SMARTS) is 3. The molecule has 0 aliphatic heterocycles. The average molecular weight is 1120 g/mol. The molecule has 0 bridgehead atoms. The van der Waals surface area contributed by atoms with Crippen LogP contribution in [0.3, 0.4) is 0 Å². The van der Waals surface area contributed by atoms with Crippen LogP contribution in [-0.2, 0) is 60.2 Å². The monoisotopic (exact) mass is 1120 g/mol. The predicted octanol–water partition coefficient (Wildman–Crippen LogP) is 8.87. The molecule has 0 fully saturated rings. The van der Waals surface area contributed by atoms with Gasteiger partial charge in [0.2, 0.25) is 17.7 Å². The number of hydrogen-bond acceptors (Lipinski definition) is 12. The van der Waals surface area contributed by atoms with Gasteiger partial charge < -0.3 is 44.4 Å². The van der Waals surface area contributed by atoms with Crippen molar-refractivity contribution in [3.05, 3.63) is 0 Å². The Bertz CT molecular complexity index is 1360. The minimum Gasteiger partial charge on any atom is -0.542 e. The minimum atomic E-state index is -1.77. The van der Waals surface area contributed by atoms with Crippen LogP contribution in [0, 0.1) is 35.5 Å². The molecule has 0 aromatic rings. The van der Waals surface area contributed by atoms with E-state index in [1.54, 1.807) is 14.7 Å². The molecule has 0 N–H and O–H groups in total. The summed E-state index contributed by atoms with van der Waals surface area (Å²) >= 11 is 0. The van der Waals surface area contributed by atoms with Gasteiger partial charge in [0, 0.05) is 39.3 Å². The molecule has 15 nitrogen and oxygen atoms in total. The first-order valence-electron chi connectivity index (χ1n) is 29.7. The number of carboxylic acids is 3. The molecule has 0 saturated carbocycles. The Morgan fingerprint density at radius 1 is 0.289 bits per heavy atom. The van der Waals surface area contributed by atoms with Crippen LogP contribution in [-0.4, -0.2) is 107 Å². The molecule has 0 aliphatic rings. The number of hydrogen-bond donors (Lipinski definition) is 0. The van der Waals surface area contributed by atoms with Crippen LogP contribution >= 0.6 is 0 Å². The number of Topliss-reactive ketones (excluding diaryl/α,β-unsaturated/α-hetero) is 3. The normalized spacial score (nSPS) is 13.1. The second kappa shape index (κ2) is 50.8. The topological polar surface area (TPSA) is 233 Å². The largest absolute Gasteiger partial charge is 3.00 e. The van der Waals surface area contributed by atoms with Crippen molar-refractivity contribution in [2.45, 2.75) is 256 Å². The molecule has 0 spiro atoms. The van der Waals surface area contributed by atoms with Gasteiger partial charge in [-0.2, -0.15) is 0 Å². The Morgan fingerprint density at radius 2 is 0.434 bits per heavy atom. The fourth-order valence-electron chi connectivity index (χ4n) is 9.17. The summed E-state index contributed by atoms with van der Waals surface area (Å²) in [6, 6.07) is 0. The Morgan fingerprint density at radius 3 is 0.539 bits per heavy atom. The zero-order chi connectivity index (χ0) is 57.7. The maximum absolute atomic E-state index is 12.5. The molecule has 443 valence electrons. The first kappa shape index (κ1) is 78.8. The fraction of sp³-hybridized carbons (Fsp3) is 0.850. The summed E-state index contributed by atoms with van der Waals surface area (Å²) in [6.07, 6.45) is 23.8. The third-order valence-corrected chi connectivity index (χ3v) is 14.8. The smallest absolute Gasteiger partial charge is 0.542 e. The van der Waals surface area contributed by atoms with E-state index in [2.05, 4.69) is 83.1 Å². The van der Waals surface area contributed by atoms with Crippen LogP contribution < -0.4 is 15.3 Å². The van der Waals surface area contributed by atoms with E-state index in [1.807, 2.05) is 0 Å². The van der Waals surface area contributed by atoms with E-state index in [1.165, 1.54) is 0 Å². The van der Waals surface area contributed by atoms with Crippen LogP contribution in [0.15, 0.2) is 0 Å². The Labute approximate surface area is 472 Å². The maximum atomic E-state index is 12.5. The average Bonchev–Trinajstić information content (AvgIpc) is 3.39. The molecule has 6 unspecified atom stereocenters. The van der Waals surface area contributed by atoms with Gasteiger partial charge in [0.15, 0.2) is 17.3 Å². The van der Waals surface area contributed by atoms with E-state index >= 15 is 0 Å². The van der Waals surface area contributed by atoms with Crippen molar-refractivity contribution in [3.8, 4) is 0 Å². The number of ketones is 3. The molecule has 0 rings (SSSR count). The van der Waals surface area contributed by atoms with Crippen molar-refractivity contribution >= 4 is 53.0 Å². The molecule has 0 aromatic heterocycles. The van der Waals surface area contributed by atoms with Crippen LogP contribution in [0.4, 0.5) is 0 Å². The van der Waals surface area contributed by atoms with Gasteiger partial charge in [-0.25, -0.2) is 0 Å². The molecule has 6 atom stereocenters. The molecule has 0 saturated heterocycles. The van der Waals surface area contributed by atoms with Gasteiger partial charge in [0.05, 0.1) is 19.3 Å². The summed E-state index contributed by atoms with van der Waals surface area (Å²) in [6.45, 7) is 29.2. The predicted molar refractivity (Wildman–Crippen MR) is 293 cm³/mol. The molecule has 16 heteroatoms. The van der Waals surface area contributed by atoms with Crippen molar-refractivity contribution in [1.82, 2.24) is 14.7 Å². The van der Waals surface area contributed by atoms with Gasteiger partial charge in [-0.05, 0) is 74.0 Å². The van der Waals surface area contributed by atoms with Crippen LogP contribution in [0.5, 0.6) is 0 Å². The van der Waals surface area contributed by atoms with Gasteiger partial charge in [0.25, 0.3) is 0 Å². The number of aliphatic carboxylic acids is 3. The Kier molecular flexibility index (Phi) is 52.7. The van der Waals surface area contributed by atoms with E-state index in [0.29, 0.717) is 74.8 Å². The summed E-state index contributed by atoms with van der Waals surface area (Å²) in [5, 5.41) is 32.0. The maximum Gasteiger partial charge on any atom is 3.00 e. The van der Waals surface area contributed by atoms with Gasteiger partial charge in [-0.3, -0.25) is 28.8 Å². The molecule has 0 aromatic carbocycles. The number of nitrogens with zero attached hydrogens (tertiary/aromatic N) is 3. The van der Waals surface area contributed by atoms with Crippen molar-refractivity contribution in [1.29, 1.82) is 0 Å². The number of carbonyl (C=O) groups excluding carboxylic acids is 9. The van der Waals surface area contributed by atoms with Crippen molar-refractivity contribution in [3.63, 3.8) is 0 Å². The third-order valence-electron chi connectivity index (χ3n) is 14.8. The van der Waals surface area contributed by atoms with E-state index in [4.69, 9.17) is 0 Å². The Hall–Kier alpha value is -3.65. The van der Waals surface area contributed by atoms with Crippen molar-refractivity contribution in [2.24, 2.45) is 35.5 Å². The van der Waals surface area contributed by atoms with Crippen LogP contribution in [0.1, 0.15) is 256 Å². The number of rotatable bonds is 45. The summed E-state index contributed by atoms with van der Waals surface area (Å²) in [4.78, 5) is 109. The minimum absolute atomic E-state index is 0. The first-order chi connectivity index (χ1) is 35.7. The third kappa shape index (κ3) is 39.7.